The van der Waals surface area contributed by atoms with Crippen molar-refractivity contribution >= 4 is 10.9 Å². The summed E-state index contributed by atoms with van der Waals surface area (Å²) in [6.45, 7) is 6.59. The van der Waals surface area contributed by atoms with E-state index >= 15 is 0 Å². The molecule has 0 aliphatic heterocycles. The molecule has 0 unspecified atom stereocenters. The maximum absolute atomic E-state index is 6.42. The predicted octanol–water partition coefficient (Wildman–Crippen LogP) is 6.99. The van der Waals surface area contributed by atoms with Crippen LogP contribution in [0.15, 0.2) is 84.9 Å². The third kappa shape index (κ3) is 3.56. The van der Waals surface area contributed by atoms with E-state index in [2.05, 4.69) is 57.2 Å². The Kier molecular flexibility index (Phi) is 4.41. The largest absolute Gasteiger partial charge is 0.438 e. The Hall–Kier alpha value is -3.13. The molecule has 27 heavy (non-hydrogen) atoms. The summed E-state index contributed by atoms with van der Waals surface area (Å²) in [7, 11) is 0. The summed E-state index contributed by atoms with van der Waals surface area (Å²) in [5.41, 5.74) is 4.18. The highest BCUT2D eigenvalue weighted by Crippen LogP contribution is 2.38. The molecule has 4 rings (SSSR count). The molecular formula is C25H23NO. The number of hydrogen-bond donors (Lipinski definition) is 0. The van der Waals surface area contributed by atoms with Gasteiger partial charge >= 0.3 is 0 Å². The highest BCUT2D eigenvalue weighted by atomic mass is 16.5. The molecule has 1 aromatic heterocycles. The maximum Gasteiger partial charge on any atom is 0.227 e. The first-order chi connectivity index (χ1) is 13.0. The zero-order chi connectivity index (χ0) is 18.9. The van der Waals surface area contributed by atoms with Crippen molar-refractivity contribution in [3.63, 3.8) is 0 Å². The second kappa shape index (κ2) is 6.88. The van der Waals surface area contributed by atoms with E-state index in [4.69, 9.17) is 9.72 Å². The van der Waals surface area contributed by atoms with Gasteiger partial charge in [0.05, 0.1) is 5.52 Å². The molecule has 3 aromatic carbocycles. The summed E-state index contributed by atoms with van der Waals surface area (Å²) in [4.78, 5) is 4.85. The highest BCUT2D eigenvalue weighted by molar-refractivity contribution is 5.86. The fraction of sp³-hybridized carbons (Fsp3) is 0.160. The molecule has 0 saturated heterocycles. The summed E-state index contributed by atoms with van der Waals surface area (Å²) < 4.78 is 6.42. The Bertz CT molecular complexity index is 1080. The molecular weight excluding hydrogens is 330 g/mol. The average molecular weight is 353 g/mol. The Morgan fingerprint density at radius 3 is 2.19 bits per heavy atom. The van der Waals surface area contributed by atoms with Gasteiger partial charge in [0.15, 0.2) is 0 Å². The molecule has 0 saturated carbocycles. The molecule has 2 nitrogen and oxygen atoms in total. The second-order valence-corrected chi connectivity index (χ2v) is 7.75. The summed E-state index contributed by atoms with van der Waals surface area (Å²) >= 11 is 0. The van der Waals surface area contributed by atoms with E-state index < -0.39 is 0 Å². The fourth-order valence-corrected chi connectivity index (χ4v) is 3.28. The van der Waals surface area contributed by atoms with Gasteiger partial charge in [-0.05, 0) is 29.2 Å². The first-order valence-corrected chi connectivity index (χ1v) is 9.25. The first kappa shape index (κ1) is 17.3. The van der Waals surface area contributed by atoms with Crippen LogP contribution >= 0.6 is 0 Å². The maximum atomic E-state index is 6.42. The summed E-state index contributed by atoms with van der Waals surface area (Å²) in [5.74, 6) is 1.49. The van der Waals surface area contributed by atoms with Gasteiger partial charge in [0, 0.05) is 16.5 Å². The lowest BCUT2D eigenvalue weighted by Crippen LogP contribution is -2.12. The summed E-state index contributed by atoms with van der Waals surface area (Å²) in [5, 5.41) is 1.10. The van der Waals surface area contributed by atoms with Crippen LogP contribution in [0.1, 0.15) is 26.3 Å². The van der Waals surface area contributed by atoms with Gasteiger partial charge in [-0.1, -0.05) is 87.5 Å². The fourth-order valence-electron chi connectivity index (χ4n) is 3.28. The zero-order valence-corrected chi connectivity index (χ0v) is 15.9. The Morgan fingerprint density at radius 1 is 0.741 bits per heavy atom. The number of ether oxygens (including phenoxy) is 1. The molecule has 2 heteroatoms. The molecule has 0 aliphatic carbocycles. The van der Waals surface area contributed by atoms with Crippen LogP contribution in [0.2, 0.25) is 0 Å². The van der Waals surface area contributed by atoms with Crippen molar-refractivity contribution < 1.29 is 4.74 Å². The van der Waals surface area contributed by atoms with Crippen molar-refractivity contribution in [2.24, 2.45) is 0 Å². The minimum Gasteiger partial charge on any atom is -0.438 e. The van der Waals surface area contributed by atoms with Gasteiger partial charge in [-0.2, -0.15) is 0 Å². The smallest absolute Gasteiger partial charge is 0.227 e. The van der Waals surface area contributed by atoms with E-state index in [1.54, 1.807) is 0 Å². The van der Waals surface area contributed by atoms with Crippen molar-refractivity contribution in [2.45, 2.75) is 26.2 Å². The van der Waals surface area contributed by atoms with E-state index in [9.17, 15) is 0 Å². The van der Waals surface area contributed by atoms with Gasteiger partial charge in [-0.15, -0.1) is 0 Å². The Morgan fingerprint density at radius 2 is 1.41 bits per heavy atom. The highest BCUT2D eigenvalue weighted by Gasteiger charge is 2.20. The average Bonchev–Trinajstić information content (AvgIpc) is 2.68. The van der Waals surface area contributed by atoms with E-state index in [-0.39, 0.29) is 5.41 Å². The lowest BCUT2D eigenvalue weighted by molar-refractivity contribution is 0.443. The number of fused-ring (bicyclic) bond motifs is 1. The number of benzene rings is 3. The normalized spacial score (nSPS) is 11.5. The van der Waals surface area contributed by atoms with Crippen LogP contribution in [0.25, 0.3) is 22.0 Å². The van der Waals surface area contributed by atoms with Gasteiger partial charge in [-0.3, -0.25) is 0 Å². The van der Waals surface area contributed by atoms with Crippen LogP contribution in [0.4, 0.5) is 0 Å². The topological polar surface area (TPSA) is 22.1 Å². The number of nitrogens with zero attached hydrogens (tertiary/aromatic N) is 1. The number of rotatable bonds is 3. The quantitative estimate of drug-likeness (QED) is 0.396. The second-order valence-electron chi connectivity index (χ2n) is 7.75. The Labute approximate surface area is 160 Å². The number of hydrogen-bond acceptors (Lipinski definition) is 2. The number of aromatic nitrogens is 1. The minimum absolute atomic E-state index is 0.0135. The molecule has 0 atom stereocenters. The van der Waals surface area contributed by atoms with Gasteiger partial charge in [0.25, 0.3) is 0 Å². The van der Waals surface area contributed by atoms with Crippen LogP contribution in [-0.4, -0.2) is 4.98 Å². The van der Waals surface area contributed by atoms with E-state index in [0.717, 1.165) is 27.8 Å². The zero-order valence-electron chi connectivity index (χ0n) is 15.9. The van der Waals surface area contributed by atoms with Crippen LogP contribution in [0.3, 0.4) is 0 Å². The summed E-state index contributed by atoms with van der Waals surface area (Å²) in [6, 6.07) is 28.8. The number of para-hydroxylation sites is 2. The minimum atomic E-state index is -0.0135. The summed E-state index contributed by atoms with van der Waals surface area (Å²) in [6.07, 6.45) is 0. The molecule has 0 bridgehead atoms. The third-order valence-electron chi connectivity index (χ3n) is 4.68. The molecule has 0 aliphatic rings. The van der Waals surface area contributed by atoms with Crippen molar-refractivity contribution in [2.75, 3.05) is 0 Å². The third-order valence-corrected chi connectivity index (χ3v) is 4.68. The molecule has 134 valence electrons. The lowest BCUT2D eigenvalue weighted by atomic mass is 9.86. The monoisotopic (exact) mass is 353 g/mol. The molecule has 0 amide bonds. The lowest BCUT2D eigenvalue weighted by Gasteiger charge is -2.23. The first-order valence-electron chi connectivity index (χ1n) is 9.25. The molecule has 0 spiro atoms. The van der Waals surface area contributed by atoms with Crippen molar-refractivity contribution in [1.82, 2.24) is 4.98 Å². The van der Waals surface area contributed by atoms with E-state index in [1.807, 2.05) is 48.5 Å². The van der Waals surface area contributed by atoms with Gasteiger partial charge in [-0.25, -0.2) is 4.98 Å². The van der Waals surface area contributed by atoms with Crippen molar-refractivity contribution in [3.8, 4) is 22.8 Å². The van der Waals surface area contributed by atoms with E-state index in [1.165, 1.54) is 5.56 Å². The standard InChI is InChI=1S/C25H23NO/c1-25(2,3)21-14-8-10-16-23(21)27-24-20(18-11-5-4-6-12-18)17-19-13-7-9-15-22(19)26-24/h4-17H,1-3H3. The predicted molar refractivity (Wildman–Crippen MR) is 112 cm³/mol. The van der Waals surface area contributed by atoms with Gasteiger partial charge in [0.2, 0.25) is 5.88 Å². The van der Waals surface area contributed by atoms with Gasteiger partial charge < -0.3 is 4.74 Å². The van der Waals surface area contributed by atoms with Crippen molar-refractivity contribution in [1.29, 1.82) is 0 Å². The SMILES string of the molecule is CC(C)(C)c1ccccc1Oc1nc2ccccc2cc1-c1ccccc1. The molecule has 4 aromatic rings. The van der Waals surface area contributed by atoms with E-state index in [0.29, 0.717) is 5.88 Å². The Balaban J connectivity index is 1.89. The van der Waals surface area contributed by atoms with Gasteiger partial charge in [0.1, 0.15) is 5.75 Å². The van der Waals surface area contributed by atoms with Crippen LogP contribution in [0.5, 0.6) is 11.6 Å². The van der Waals surface area contributed by atoms with Crippen LogP contribution < -0.4 is 4.74 Å². The molecule has 0 radical (unpaired) electrons. The number of pyridine rings is 1. The molecule has 0 N–H and O–H groups in total. The van der Waals surface area contributed by atoms with Crippen LogP contribution in [0, 0.1) is 0 Å². The van der Waals surface area contributed by atoms with Crippen LogP contribution in [-0.2, 0) is 5.41 Å². The molecule has 0 fully saturated rings. The molecule has 1 heterocycles. The van der Waals surface area contributed by atoms with Crippen molar-refractivity contribution in [3.05, 3.63) is 90.5 Å².